The van der Waals surface area contributed by atoms with E-state index < -0.39 is 0 Å². The number of ether oxygens (including phenoxy) is 1. The lowest BCUT2D eigenvalue weighted by molar-refractivity contribution is -0.131. The average Bonchev–Trinajstić information content (AvgIpc) is 3.57. The zero-order valence-corrected chi connectivity index (χ0v) is 27.0. The van der Waals surface area contributed by atoms with Crippen molar-refractivity contribution in [2.24, 2.45) is 5.41 Å². The summed E-state index contributed by atoms with van der Waals surface area (Å²) in [6.07, 6.45) is 11.2. The van der Waals surface area contributed by atoms with Crippen LogP contribution in [0.5, 0.6) is 5.75 Å². The van der Waals surface area contributed by atoms with Crippen molar-refractivity contribution in [1.29, 1.82) is 0 Å². The van der Waals surface area contributed by atoms with E-state index in [4.69, 9.17) is 9.72 Å². The van der Waals surface area contributed by atoms with Crippen molar-refractivity contribution in [3.05, 3.63) is 65.9 Å². The van der Waals surface area contributed by atoms with Gasteiger partial charge in [-0.1, -0.05) is 49.6 Å². The van der Waals surface area contributed by atoms with Crippen LogP contribution in [0.1, 0.15) is 73.7 Å². The van der Waals surface area contributed by atoms with Crippen molar-refractivity contribution < 1.29 is 14.3 Å². The number of benzene rings is 2. The highest BCUT2D eigenvalue weighted by Crippen LogP contribution is 2.49. The highest BCUT2D eigenvalue weighted by Gasteiger charge is 2.51. The molecule has 10 nitrogen and oxygen atoms in total. The van der Waals surface area contributed by atoms with Crippen LogP contribution in [-0.4, -0.2) is 72.6 Å². The Hall–Kier alpha value is -4.18. The first-order chi connectivity index (χ1) is 22.4. The molecule has 3 heterocycles. The summed E-state index contributed by atoms with van der Waals surface area (Å²) in [5.41, 5.74) is 2.98. The number of hydrogen-bond donors (Lipinski definition) is 2. The molecule has 3 aromatic rings. The normalized spacial score (nSPS) is 20.3. The third-order valence-electron chi connectivity index (χ3n) is 10.6. The molecule has 0 radical (unpaired) electrons. The van der Waals surface area contributed by atoms with E-state index in [1.165, 1.54) is 18.4 Å². The summed E-state index contributed by atoms with van der Waals surface area (Å²) in [6, 6.07) is 16.5. The Morgan fingerprint density at radius 3 is 2.48 bits per heavy atom. The predicted octanol–water partition coefficient (Wildman–Crippen LogP) is 5.52. The number of anilines is 4. The number of nitrogens with zero attached hydrogens (tertiary/aromatic N) is 5. The van der Waals surface area contributed by atoms with Gasteiger partial charge in [-0.2, -0.15) is 4.98 Å². The molecule has 0 bridgehead atoms. The third-order valence-corrected chi connectivity index (χ3v) is 10.6. The number of likely N-dealkylation sites (tertiary alicyclic amines) is 1. The maximum Gasteiger partial charge on any atom is 0.251 e. The molecular formula is C36H45N7O3. The lowest BCUT2D eigenvalue weighted by Crippen LogP contribution is -2.52. The van der Waals surface area contributed by atoms with Crippen LogP contribution in [0.15, 0.2) is 54.7 Å². The van der Waals surface area contributed by atoms with Crippen molar-refractivity contribution in [1.82, 2.24) is 20.2 Å². The number of fused-ring (bicyclic) bond motifs is 1. The number of rotatable bonds is 8. The summed E-state index contributed by atoms with van der Waals surface area (Å²) in [4.78, 5) is 43.1. The fourth-order valence-corrected chi connectivity index (χ4v) is 7.70. The van der Waals surface area contributed by atoms with Gasteiger partial charge >= 0.3 is 0 Å². The van der Waals surface area contributed by atoms with Crippen molar-refractivity contribution >= 4 is 35.0 Å². The summed E-state index contributed by atoms with van der Waals surface area (Å²) in [5, 5.41) is 6.57. The molecular weight excluding hydrogens is 578 g/mol. The number of piperidine rings is 1. The SMILES string of the molecule is COc1cc(C(=O)NC2CCN(Cc3ccccc3)CC2)ccc1Nc1ncc2c(n1)N(C1CCCC1)CC1(CCC1)C(=O)N2C. The van der Waals surface area contributed by atoms with Crippen LogP contribution in [0.25, 0.3) is 0 Å². The van der Waals surface area contributed by atoms with Gasteiger partial charge in [-0.25, -0.2) is 4.98 Å². The van der Waals surface area contributed by atoms with E-state index in [2.05, 4.69) is 49.7 Å². The van der Waals surface area contributed by atoms with Gasteiger partial charge in [-0.05, 0) is 62.3 Å². The van der Waals surface area contributed by atoms with Crippen molar-refractivity contribution in [3.8, 4) is 5.75 Å². The Balaban J connectivity index is 1.04. The maximum absolute atomic E-state index is 13.6. The number of aromatic nitrogens is 2. The maximum atomic E-state index is 13.6. The van der Waals surface area contributed by atoms with Crippen LogP contribution in [0.2, 0.25) is 0 Å². The van der Waals surface area contributed by atoms with Gasteiger partial charge < -0.3 is 25.2 Å². The molecule has 2 aliphatic heterocycles. The number of carbonyl (C=O) groups is 2. The van der Waals surface area contributed by atoms with Gasteiger partial charge in [0.25, 0.3) is 5.91 Å². The van der Waals surface area contributed by atoms with Gasteiger partial charge in [0.2, 0.25) is 11.9 Å². The molecule has 2 saturated carbocycles. The van der Waals surface area contributed by atoms with Crippen LogP contribution < -0.4 is 25.2 Å². The van der Waals surface area contributed by atoms with Gasteiger partial charge in [-0.3, -0.25) is 14.5 Å². The standard InChI is InChI=1S/C36H45N7O3/c1-41-30-22-37-35(40-32(30)43(28-11-6-7-12-28)24-36(34(41)45)17-8-18-36)39-29-14-13-26(21-31(29)46-2)33(44)38-27-15-19-42(20-16-27)23-25-9-4-3-5-10-25/h3-5,9-10,13-14,21-22,27-28H,6-8,11-12,15-20,23-24H2,1-2H3,(H,38,44)(H,37,39,40). The average molecular weight is 624 g/mol. The van der Waals surface area contributed by atoms with Gasteiger partial charge in [0.1, 0.15) is 11.4 Å². The fraction of sp³-hybridized carbons (Fsp3) is 0.500. The molecule has 2 amide bonds. The minimum atomic E-state index is -0.329. The summed E-state index contributed by atoms with van der Waals surface area (Å²) >= 11 is 0. The van der Waals surface area contributed by atoms with E-state index in [1.54, 1.807) is 24.3 Å². The highest BCUT2D eigenvalue weighted by atomic mass is 16.5. The molecule has 2 aromatic carbocycles. The zero-order valence-electron chi connectivity index (χ0n) is 27.0. The van der Waals surface area contributed by atoms with E-state index >= 15 is 0 Å². The van der Waals surface area contributed by atoms with Crippen molar-refractivity contribution in [2.45, 2.75) is 76.4 Å². The van der Waals surface area contributed by atoms with Crippen LogP contribution >= 0.6 is 0 Å². The smallest absolute Gasteiger partial charge is 0.251 e. The number of amides is 2. The molecule has 242 valence electrons. The van der Waals surface area contributed by atoms with Gasteiger partial charge in [0.15, 0.2) is 5.82 Å². The molecule has 0 unspecified atom stereocenters. The fourth-order valence-electron chi connectivity index (χ4n) is 7.70. The van der Waals surface area contributed by atoms with Crippen LogP contribution in [0.3, 0.4) is 0 Å². The summed E-state index contributed by atoms with van der Waals surface area (Å²) < 4.78 is 5.72. The Morgan fingerprint density at radius 2 is 1.78 bits per heavy atom. The first-order valence-electron chi connectivity index (χ1n) is 16.9. The summed E-state index contributed by atoms with van der Waals surface area (Å²) in [7, 11) is 3.46. The van der Waals surface area contributed by atoms with Crippen LogP contribution in [0, 0.1) is 5.41 Å². The minimum Gasteiger partial charge on any atom is -0.495 e. The minimum absolute atomic E-state index is 0.0996. The number of carbonyl (C=O) groups excluding carboxylic acids is 2. The first kappa shape index (κ1) is 30.5. The largest absolute Gasteiger partial charge is 0.495 e. The summed E-state index contributed by atoms with van der Waals surface area (Å²) in [5.74, 6) is 1.87. The Kier molecular flexibility index (Phi) is 8.55. The second-order valence-corrected chi connectivity index (χ2v) is 13.5. The molecule has 2 aliphatic carbocycles. The number of methoxy groups -OCH3 is 1. The topological polar surface area (TPSA) is 103 Å². The molecule has 1 aromatic heterocycles. The first-order valence-corrected chi connectivity index (χ1v) is 16.9. The van der Waals surface area contributed by atoms with E-state index in [-0.39, 0.29) is 23.3 Å². The van der Waals surface area contributed by atoms with Crippen LogP contribution in [0.4, 0.5) is 23.1 Å². The Morgan fingerprint density at radius 1 is 1.02 bits per heavy atom. The molecule has 1 spiro atoms. The van der Waals surface area contributed by atoms with E-state index in [9.17, 15) is 9.59 Å². The van der Waals surface area contributed by atoms with Gasteiger partial charge in [0.05, 0.1) is 24.4 Å². The quantitative estimate of drug-likeness (QED) is 0.338. The van der Waals surface area contributed by atoms with Crippen LogP contribution in [-0.2, 0) is 11.3 Å². The van der Waals surface area contributed by atoms with Gasteiger partial charge in [-0.15, -0.1) is 0 Å². The molecule has 10 heteroatoms. The molecule has 2 N–H and O–H groups in total. The zero-order chi connectivity index (χ0) is 31.7. The van der Waals surface area contributed by atoms with Crippen molar-refractivity contribution in [3.63, 3.8) is 0 Å². The van der Waals surface area contributed by atoms with E-state index in [1.807, 2.05) is 25.2 Å². The summed E-state index contributed by atoms with van der Waals surface area (Å²) in [6.45, 7) is 3.56. The second-order valence-electron chi connectivity index (χ2n) is 13.5. The molecule has 3 fully saturated rings. The lowest BCUT2D eigenvalue weighted by Gasteiger charge is -2.44. The molecule has 0 atom stereocenters. The highest BCUT2D eigenvalue weighted by molar-refractivity contribution is 6.02. The van der Waals surface area contributed by atoms with Crippen molar-refractivity contribution in [2.75, 3.05) is 48.9 Å². The van der Waals surface area contributed by atoms with E-state index in [0.717, 1.165) is 76.1 Å². The number of hydrogen-bond acceptors (Lipinski definition) is 8. The molecule has 4 aliphatic rings. The Labute approximate surface area is 271 Å². The third kappa shape index (κ3) is 6.02. The lowest BCUT2D eigenvalue weighted by atomic mass is 9.67. The molecule has 7 rings (SSSR count). The van der Waals surface area contributed by atoms with Gasteiger partial charge in [0, 0.05) is 50.9 Å². The monoisotopic (exact) mass is 623 g/mol. The molecule has 46 heavy (non-hydrogen) atoms. The van der Waals surface area contributed by atoms with E-state index in [0.29, 0.717) is 35.5 Å². The number of nitrogens with one attached hydrogen (secondary N) is 2. The Bertz CT molecular complexity index is 1560. The molecule has 1 saturated heterocycles. The second kappa shape index (κ2) is 12.9. The predicted molar refractivity (Wildman–Crippen MR) is 180 cm³/mol.